The Labute approximate surface area is 164 Å². The molecule has 5 heterocycles. The van der Waals surface area contributed by atoms with E-state index in [4.69, 9.17) is 4.74 Å². The summed E-state index contributed by atoms with van der Waals surface area (Å²) in [5.41, 5.74) is 1.55. The second-order valence-electron chi connectivity index (χ2n) is 6.70. The van der Waals surface area contributed by atoms with Crippen LogP contribution in [0.5, 0.6) is 0 Å². The molecule has 0 aromatic carbocycles. The highest BCUT2D eigenvalue weighted by atomic mass is 16.6. The number of hydrogen-bond acceptors (Lipinski definition) is 9. The van der Waals surface area contributed by atoms with E-state index in [0.717, 1.165) is 0 Å². The Morgan fingerprint density at radius 2 is 2.00 bits per heavy atom. The maximum Gasteiger partial charge on any atom is 0.205 e. The van der Waals surface area contributed by atoms with E-state index in [9.17, 15) is 10.2 Å². The van der Waals surface area contributed by atoms with Crippen molar-refractivity contribution in [2.24, 2.45) is 0 Å². The number of fused-ring (bicyclic) bond motifs is 1. The van der Waals surface area contributed by atoms with E-state index in [-0.39, 0.29) is 0 Å². The first kappa shape index (κ1) is 17.7. The van der Waals surface area contributed by atoms with Crippen molar-refractivity contribution in [3.8, 4) is 11.4 Å². The fourth-order valence-corrected chi connectivity index (χ4v) is 3.40. The Morgan fingerprint density at radius 3 is 2.69 bits per heavy atom. The maximum absolute atomic E-state index is 10.5. The Balaban J connectivity index is 1.71. The number of rotatable bonds is 4. The molecule has 0 radical (unpaired) electrons. The summed E-state index contributed by atoms with van der Waals surface area (Å²) in [6.07, 6.45) is 2.73. The van der Waals surface area contributed by atoms with Gasteiger partial charge in [0, 0.05) is 18.6 Å². The predicted molar refractivity (Wildman–Crippen MR) is 102 cm³/mol. The molecule has 5 rings (SSSR count). The van der Waals surface area contributed by atoms with E-state index in [2.05, 4.69) is 35.3 Å². The number of aliphatic hydroxyl groups is 2. The van der Waals surface area contributed by atoms with Gasteiger partial charge in [0.05, 0.1) is 17.2 Å². The van der Waals surface area contributed by atoms with Crippen molar-refractivity contribution in [3.05, 3.63) is 43.1 Å². The van der Waals surface area contributed by atoms with Crippen LogP contribution in [0.15, 0.2) is 43.1 Å². The first-order chi connectivity index (χ1) is 14.1. The van der Waals surface area contributed by atoms with Gasteiger partial charge in [0.2, 0.25) is 5.95 Å². The van der Waals surface area contributed by atoms with Gasteiger partial charge in [-0.2, -0.15) is 5.10 Å². The SMILES string of the molecule is C[C@H]1O[C@@H](n2nc(-c3ccccn3)c3c(Nc4ncc[nH]4)ncnc32)[C@H](O)[C@@H]1O. The third kappa shape index (κ3) is 2.92. The van der Waals surface area contributed by atoms with E-state index in [1.807, 2.05) is 18.2 Å². The van der Waals surface area contributed by atoms with E-state index in [0.29, 0.717) is 34.2 Å². The van der Waals surface area contributed by atoms with Crippen molar-refractivity contribution < 1.29 is 14.9 Å². The van der Waals surface area contributed by atoms with Crippen molar-refractivity contribution >= 4 is 22.8 Å². The summed E-state index contributed by atoms with van der Waals surface area (Å²) in [7, 11) is 0. The van der Waals surface area contributed by atoms with Crippen LogP contribution in [0.25, 0.3) is 22.4 Å². The molecule has 1 aliphatic heterocycles. The molecule has 0 spiro atoms. The lowest BCUT2D eigenvalue weighted by Crippen LogP contribution is -2.30. The number of aromatic amines is 1. The van der Waals surface area contributed by atoms with Gasteiger partial charge in [-0.15, -0.1) is 0 Å². The molecule has 29 heavy (non-hydrogen) atoms. The number of ether oxygens (including phenoxy) is 1. The molecular weight excluding hydrogens is 376 g/mol. The molecule has 0 unspecified atom stereocenters. The van der Waals surface area contributed by atoms with Crippen LogP contribution in [0.4, 0.5) is 11.8 Å². The zero-order chi connectivity index (χ0) is 20.0. The predicted octanol–water partition coefficient (Wildman–Crippen LogP) is 0.994. The van der Waals surface area contributed by atoms with Crippen LogP contribution in [0.1, 0.15) is 13.2 Å². The van der Waals surface area contributed by atoms with Crippen molar-refractivity contribution in [1.82, 2.24) is 34.7 Å². The Morgan fingerprint density at radius 1 is 1.10 bits per heavy atom. The lowest BCUT2D eigenvalue weighted by Gasteiger charge is -2.15. The van der Waals surface area contributed by atoms with Gasteiger partial charge in [0.15, 0.2) is 11.9 Å². The van der Waals surface area contributed by atoms with Gasteiger partial charge in [-0.1, -0.05) is 6.07 Å². The summed E-state index contributed by atoms with van der Waals surface area (Å²) in [6.45, 7) is 1.69. The standard InChI is InChI=1S/C18H18N8O3/c1-9-13(27)14(28)17(29-9)26-16-11(12(25-26)10-4-2-3-5-19-10)15(22-8-23-16)24-18-20-6-7-21-18/h2-9,13-14,17,27-28H,1H3,(H2,20,21,22,23,24)/t9-,13-,14-,17-/m1/s1. The summed E-state index contributed by atoms with van der Waals surface area (Å²) in [5, 5.41) is 28.9. The quantitative estimate of drug-likeness (QED) is 0.398. The molecule has 4 aromatic heterocycles. The average molecular weight is 394 g/mol. The van der Waals surface area contributed by atoms with E-state index < -0.39 is 24.5 Å². The first-order valence-electron chi connectivity index (χ1n) is 9.06. The minimum atomic E-state index is -1.15. The van der Waals surface area contributed by atoms with E-state index in [1.54, 1.807) is 25.5 Å². The largest absolute Gasteiger partial charge is 0.388 e. The van der Waals surface area contributed by atoms with Crippen LogP contribution >= 0.6 is 0 Å². The highest BCUT2D eigenvalue weighted by Gasteiger charge is 2.43. The van der Waals surface area contributed by atoms with Crippen LogP contribution in [-0.2, 0) is 4.74 Å². The molecular formula is C18H18N8O3. The van der Waals surface area contributed by atoms with Crippen LogP contribution < -0.4 is 5.32 Å². The number of pyridine rings is 1. The summed E-state index contributed by atoms with van der Waals surface area (Å²) in [6, 6.07) is 5.48. The highest BCUT2D eigenvalue weighted by Crippen LogP contribution is 2.36. The molecule has 0 bridgehead atoms. The second-order valence-corrected chi connectivity index (χ2v) is 6.70. The number of imidazole rings is 1. The molecule has 0 amide bonds. The van der Waals surface area contributed by atoms with Crippen molar-refractivity contribution in [2.45, 2.75) is 31.5 Å². The molecule has 0 aliphatic carbocycles. The van der Waals surface area contributed by atoms with Gasteiger partial charge in [-0.25, -0.2) is 19.6 Å². The fraction of sp³-hybridized carbons (Fsp3) is 0.278. The number of H-pyrrole nitrogens is 1. The molecule has 0 saturated carbocycles. The summed E-state index contributed by atoms with van der Waals surface area (Å²) >= 11 is 0. The topological polar surface area (TPSA) is 147 Å². The molecule has 148 valence electrons. The molecule has 4 N–H and O–H groups in total. The number of aliphatic hydroxyl groups excluding tert-OH is 2. The van der Waals surface area contributed by atoms with Crippen molar-refractivity contribution in [3.63, 3.8) is 0 Å². The molecule has 1 aliphatic rings. The van der Waals surface area contributed by atoms with Gasteiger partial charge in [0.25, 0.3) is 0 Å². The number of anilines is 2. The van der Waals surface area contributed by atoms with Crippen LogP contribution in [0, 0.1) is 0 Å². The van der Waals surface area contributed by atoms with Crippen LogP contribution in [0.3, 0.4) is 0 Å². The zero-order valence-electron chi connectivity index (χ0n) is 15.3. The molecule has 1 fully saturated rings. The summed E-state index contributed by atoms with van der Waals surface area (Å²) in [5.74, 6) is 0.976. The average Bonchev–Trinajstić information content (AvgIpc) is 3.45. The minimum Gasteiger partial charge on any atom is -0.388 e. The number of nitrogens with one attached hydrogen (secondary N) is 2. The van der Waals surface area contributed by atoms with E-state index in [1.165, 1.54) is 11.0 Å². The van der Waals surface area contributed by atoms with Gasteiger partial charge in [-0.05, 0) is 19.1 Å². The van der Waals surface area contributed by atoms with Gasteiger partial charge in [-0.3, -0.25) is 4.98 Å². The second kappa shape index (κ2) is 6.88. The Hall–Kier alpha value is -3.41. The van der Waals surface area contributed by atoms with Crippen LogP contribution in [0.2, 0.25) is 0 Å². The third-order valence-electron chi connectivity index (χ3n) is 4.85. The smallest absolute Gasteiger partial charge is 0.205 e. The lowest BCUT2D eigenvalue weighted by atomic mass is 10.1. The molecule has 1 saturated heterocycles. The monoisotopic (exact) mass is 394 g/mol. The lowest BCUT2D eigenvalue weighted by molar-refractivity contribution is -0.0370. The van der Waals surface area contributed by atoms with Gasteiger partial charge in [0.1, 0.15) is 30.0 Å². The third-order valence-corrected chi connectivity index (χ3v) is 4.85. The highest BCUT2D eigenvalue weighted by molar-refractivity contribution is 5.99. The molecule has 11 nitrogen and oxygen atoms in total. The van der Waals surface area contributed by atoms with Gasteiger partial charge >= 0.3 is 0 Å². The Kier molecular flexibility index (Phi) is 4.19. The van der Waals surface area contributed by atoms with Gasteiger partial charge < -0.3 is 25.3 Å². The summed E-state index contributed by atoms with van der Waals surface area (Å²) in [4.78, 5) is 20.2. The molecule has 4 atom stereocenters. The molecule has 11 heteroatoms. The van der Waals surface area contributed by atoms with Crippen molar-refractivity contribution in [2.75, 3.05) is 5.32 Å². The zero-order valence-corrected chi connectivity index (χ0v) is 15.3. The normalized spacial score (nSPS) is 24.2. The van der Waals surface area contributed by atoms with Crippen molar-refractivity contribution in [1.29, 1.82) is 0 Å². The number of nitrogens with zero attached hydrogens (tertiary/aromatic N) is 6. The Bertz CT molecular complexity index is 1130. The minimum absolute atomic E-state index is 0.431. The van der Waals surface area contributed by atoms with E-state index >= 15 is 0 Å². The number of aromatic nitrogens is 7. The maximum atomic E-state index is 10.5. The molecule has 4 aromatic rings. The summed E-state index contributed by atoms with van der Waals surface area (Å²) < 4.78 is 7.22. The first-order valence-corrected chi connectivity index (χ1v) is 9.06. The number of hydrogen-bond donors (Lipinski definition) is 4. The fourth-order valence-electron chi connectivity index (χ4n) is 3.40. The van der Waals surface area contributed by atoms with Crippen LogP contribution in [-0.4, -0.2) is 63.2 Å².